The molecule has 3 nitrogen and oxygen atoms in total. The molecule has 1 amide bonds. The molecule has 1 heterocycles. The van der Waals surface area contributed by atoms with Crippen molar-refractivity contribution >= 4 is 5.91 Å². The van der Waals surface area contributed by atoms with Crippen molar-refractivity contribution in [3.63, 3.8) is 0 Å². The number of likely N-dealkylation sites (N-methyl/N-ethyl adjacent to an activating group) is 1. The Balaban J connectivity index is 2.04. The van der Waals surface area contributed by atoms with Crippen LogP contribution in [0, 0.1) is 5.41 Å². The summed E-state index contributed by atoms with van der Waals surface area (Å²) in [4.78, 5) is 14.5. The van der Waals surface area contributed by atoms with E-state index in [1.165, 1.54) is 5.56 Å². The molecule has 20 heavy (non-hydrogen) atoms. The van der Waals surface area contributed by atoms with E-state index in [1.807, 2.05) is 20.8 Å². The Hall–Kier alpha value is -1.35. The van der Waals surface area contributed by atoms with E-state index in [-0.39, 0.29) is 17.4 Å². The van der Waals surface area contributed by atoms with Crippen molar-refractivity contribution < 1.29 is 4.79 Å². The van der Waals surface area contributed by atoms with Gasteiger partial charge in [-0.3, -0.25) is 4.79 Å². The van der Waals surface area contributed by atoms with E-state index in [1.54, 1.807) is 0 Å². The van der Waals surface area contributed by atoms with Gasteiger partial charge in [0, 0.05) is 24.5 Å². The molecule has 0 saturated carbocycles. The molecule has 1 saturated heterocycles. The first-order chi connectivity index (χ1) is 9.36. The zero-order valence-corrected chi connectivity index (χ0v) is 13.0. The number of carbonyl (C=O) groups excluding carboxylic acids is 1. The first kappa shape index (κ1) is 15.0. The summed E-state index contributed by atoms with van der Waals surface area (Å²) < 4.78 is 0. The minimum absolute atomic E-state index is 0.143. The maximum Gasteiger partial charge on any atom is 0.225 e. The zero-order valence-electron chi connectivity index (χ0n) is 13.0. The van der Waals surface area contributed by atoms with Gasteiger partial charge in [-0.25, -0.2) is 0 Å². The molecule has 1 N–H and O–H groups in total. The molecule has 0 radical (unpaired) electrons. The van der Waals surface area contributed by atoms with E-state index in [2.05, 4.69) is 47.6 Å². The van der Waals surface area contributed by atoms with Crippen LogP contribution >= 0.6 is 0 Å². The highest BCUT2D eigenvalue weighted by Gasteiger charge is 2.30. The molecule has 1 aromatic carbocycles. The predicted molar refractivity (Wildman–Crippen MR) is 82.7 cm³/mol. The number of nitrogens with one attached hydrogen (secondary N) is 1. The van der Waals surface area contributed by atoms with Gasteiger partial charge in [0.05, 0.1) is 0 Å². The largest absolute Gasteiger partial charge is 0.352 e. The molecule has 0 bridgehead atoms. The summed E-state index contributed by atoms with van der Waals surface area (Å²) in [5.41, 5.74) is 1.05. The molecule has 2 atom stereocenters. The van der Waals surface area contributed by atoms with E-state index in [4.69, 9.17) is 0 Å². The average molecular weight is 274 g/mol. The SMILES string of the molecule is CN1CC(NC(=O)C(C)(C)C)CC(c2ccccc2)C1. The number of rotatable bonds is 2. The smallest absolute Gasteiger partial charge is 0.225 e. The van der Waals surface area contributed by atoms with Crippen molar-refractivity contribution in [3.05, 3.63) is 35.9 Å². The molecular formula is C17H26N2O. The summed E-state index contributed by atoms with van der Waals surface area (Å²) in [6, 6.07) is 10.8. The van der Waals surface area contributed by atoms with Crippen LogP contribution in [-0.2, 0) is 4.79 Å². The summed E-state index contributed by atoms with van der Waals surface area (Å²) in [6.45, 7) is 7.88. The summed E-state index contributed by atoms with van der Waals surface area (Å²) >= 11 is 0. The number of benzene rings is 1. The molecule has 1 aliphatic heterocycles. The van der Waals surface area contributed by atoms with Gasteiger partial charge in [0.25, 0.3) is 0 Å². The van der Waals surface area contributed by atoms with E-state index in [9.17, 15) is 4.79 Å². The fourth-order valence-corrected chi connectivity index (χ4v) is 2.79. The average Bonchev–Trinajstić information content (AvgIpc) is 2.38. The third-order valence-electron chi connectivity index (χ3n) is 3.92. The molecule has 1 aromatic rings. The molecule has 0 aliphatic carbocycles. The van der Waals surface area contributed by atoms with E-state index >= 15 is 0 Å². The van der Waals surface area contributed by atoms with Crippen LogP contribution in [0.25, 0.3) is 0 Å². The van der Waals surface area contributed by atoms with E-state index in [0.29, 0.717) is 5.92 Å². The number of likely N-dealkylation sites (tertiary alicyclic amines) is 1. The second-order valence-corrected chi connectivity index (χ2v) is 6.98. The van der Waals surface area contributed by atoms with Crippen LogP contribution in [0.1, 0.15) is 38.7 Å². The van der Waals surface area contributed by atoms with Crippen molar-refractivity contribution in [1.29, 1.82) is 0 Å². The summed E-state index contributed by atoms with van der Waals surface area (Å²) in [5, 5.41) is 3.21. The molecular weight excluding hydrogens is 248 g/mol. The van der Waals surface area contributed by atoms with Gasteiger partial charge in [-0.2, -0.15) is 0 Å². The molecule has 2 unspecified atom stereocenters. The number of hydrogen-bond acceptors (Lipinski definition) is 2. The topological polar surface area (TPSA) is 32.3 Å². The minimum Gasteiger partial charge on any atom is -0.352 e. The fourth-order valence-electron chi connectivity index (χ4n) is 2.79. The summed E-state index contributed by atoms with van der Waals surface area (Å²) in [6.07, 6.45) is 1.02. The van der Waals surface area contributed by atoms with Crippen LogP contribution in [0.5, 0.6) is 0 Å². The number of amides is 1. The normalized spacial score (nSPS) is 24.4. The Morgan fingerprint density at radius 2 is 1.85 bits per heavy atom. The van der Waals surface area contributed by atoms with Crippen molar-refractivity contribution in [2.75, 3.05) is 20.1 Å². The van der Waals surface area contributed by atoms with Gasteiger partial charge in [0.2, 0.25) is 5.91 Å². The lowest BCUT2D eigenvalue weighted by molar-refractivity contribution is -0.129. The summed E-state index contributed by atoms with van der Waals surface area (Å²) in [7, 11) is 2.13. The Bertz CT molecular complexity index is 450. The molecule has 1 aliphatic rings. The lowest BCUT2D eigenvalue weighted by atomic mass is 9.87. The highest BCUT2D eigenvalue weighted by Crippen LogP contribution is 2.27. The zero-order chi connectivity index (χ0) is 14.8. The first-order valence-electron chi connectivity index (χ1n) is 7.40. The minimum atomic E-state index is -0.321. The van der Waals surface area contributed by atoms with Crippen LogP contribution in [0.3, 0.4) is 0 Å². The molecule has 0 spiro atoms. The number of hydrogen-bond donors (Lipinski definition) is 1. The lowest BCUT2D eigenvalue weighted by Crippen LogP contribution is -2.51. The van der Waals surface area contributed by atoms with Crippen LogP contribution < -0.4 is 5.32 Å². The Kier molecular flexibility index (Phi) is 4.48. The van der Waals surface area contributed by atoms with Crippen LogP contribution in [-0.4, -0.2) is 37.0 Å². The second kappa shape index (κ2) is 5.96. The maximum atomic E-state index is 12.2. The van der Waals surface area contributed by atoms with Crippen molar-refractivity contribution in [1.82, 2.24) is 10.2 Å². The van der Waals surface area contributed by atoms with Crippen LogP contribution in [0.15, 0.2) is 30.3 Å². The van der Waals surface area contributed by atoms with Crippen molar-refractivity contribution in [3.8, 4) is 0 Å². The standard InChI is InChI=1S/C17H26N2O/c1-17(2,3)16(20)18-15-10-14(11-19(4)12-15)13-8-6-5-7-9-13/h5-9,14-15H,10-12H2,1-4H3,(H,18,20). The third-order valence-corrected chi connectivity index (χ3v) is 3.92. The Morgan fingerprint density at radius 3 is 2.45 bits per heavy atom. The Labute approximate surface area is 122 Å². The van der Waals surface area contributed by atoms with Gasteiger partial charge < -0.3 is 10.2 Å². The molecule has 3 heteroatoms. The first-order valence-corrected chi connectivity index (χ1v) is 7.40. The fraction of sp³-hybridized carbons (Fsp3) is 0.588. The quantitative estimate of drug-likeness (QED) is 0.899. The predicted octanol–water partition coefficient (Wildman–Crippen LogP) is 2.64. The van der Waals surface area contributed by atoms with Gasteiger partial charge in [0.15, 0.2) is 0 Å². The molecule has 1 fully saturated rings. The van der Waals surface area contributed by atoms with Crippen LogP contribution in [0.2, 0.25) is 0 Å². The highest BCUT2D eigenvalue weighted by molar-refractivity contribution is 5.81. The number of carbonyl (C=O) groups is 1. The van der Waals surface area contributed by atoms with E-state index in [0.717, 1.165) is 19.5 Å². The van der Waals surface area contributed by atoms with Crippen LogP contribution in [0.4, 0.5) is 0 Å². The second-order valence-electron chi connectivity index (χ2n) is 6.98. The maximum absolute atomic E-state index is 12.2. The molecule has 110 valence electrons. The van der Waals surface area contributed by atoms with Gasteiger partial charge in [-0.15, -0.1) is 0 Å². The van der Waals surface area contributed by atoms with Gasteiger partial charge >= 0.3 is 0 Å². The monoisotopic (exact) mass is 274 g/mol. The van der Waals surface area contributed by atoms with Gasteiger partial charge in [-0.05, 0) is 24.9 Å². The van der Waals surface area contributed by atoms with Gasteiger partial charge in [-0.1, -0.05) is 51.1 Å². The molecule has 0 aromatic heterocycles. The third kappa shape index (κ3) is 3.83. The summed E-state index contributed by atoms with van der Waals surface area (Å²) in [5.74, 6) is 0.643. The van der Waals surface area contributed by atoms with Gasteiger partial charge in [0.1, 0.15) is 0 Å². The number of piperidine rings is 1. The molecule has 2 rings (SSSR count). The van der Waals surface area contributed by atoms with E-state index < -0.39 is 0 Å². The highest BCUT2D eigenvalue weighted by atomic mass is 16.2. The van der Waals surface area contributed by atoms with Crippen molar-refractivity contribution in [2.24, 2.45) is 5.41 Å². The lowest BCUT2D eigenvalue weighted by Gasteiger charge is -2.37. The Morgan fingerprint density at radius 1 is 1.20 bits per heavy atom. The van der Waals surface area contributed by atoms with Crippen molar-refractivity contribution in [2.45, 2.75) is 39.2 Å². The number of nitrogens with zero attached hydrogens (tertiary/aromatic N) is 1.